The molecule has 6 nitrogen and oxygen atoms in total. The van der Waals surface area contributed by atoms with Crippen LogP contribution in [0.5, 0.6) is 5.75 Å². The molecule has 1 heterocycles. The fraction of sp³-hybridized carbons (Fsp3) is 0.467. The van der Waals surface area contributed by atoms with Crippen molar-refractivity contribution >= 4 is 17.6 Å². The fourth-order valence-corrected chi connectivity index (χ4v) is 2.46. The number of carbonyl (C=O) groups excluding carboxylic acids is 1. The first kappa shape index (κ1) is 15.3. The van der Waals surface area contributed by atoms with Crippen molar-refractivity contribution in [2.45, 2.75) is 31.9 Å². The minimum absolute atomic E-state index is 0.0515. The molecule has 0 aromatic heterocycles. The summed E-state index contributed by atoms with van der Waals surface area (Å²) >= 11 is 0. The third kappa shape index (κ3) is 3.33. The molecule has 1 amide bonds. The third-order valence-corrected chi connectivity index (χ3v) is 3.68. The van der Waals surface area contributed by atoms with Crippen LogP contribution in [0.4, 0.5) is 5.69 Å². The monoisotopic (exact) mass is 292 g/mol. The lowest BCUT2D eigenvalue weighted by molar-refractivity contribution is -0.137. The highest BCUT2D eigenvalue weighted by atomic mass is 16.5. The number of carbonyl (C=O) groups is 2. The Hall–Kier alpha value is -2.08. The lowest BCUT2D eigenvalue weighted by Gasteiger charge is -2.30. The van der Waals surface area contributed by atoms with Crippen LogP contribution in [0.3, 0.4) is 0 Å². The number of carboxylic acid groups (broad SMARTS) is 1. The number of ether oxygens (including phenoxy) is 1. The fourth-order valence-electron chi connectivity index (χ4n) is 2.46. The largest absolute Gasteiger partial charge is 0.481 e. The van der Waals surface area contributed by atoms with E-state index in [-0.39, 0.29) is 18.4 Å². The number of fused-ring (bicyclic) bond motifs is 1. The molecule has 2 atom stereocenters. The van der Waals surface area contributed by atoms with Gasteiger partial charge in [-0.1, -0.05) is 6.07 Å². The van der Waals surface area contributed by atoms with Crippen molar-refractivity contribution in [1.29, 1.82) is 0 Å². The summed E-state index contributed by atoms with van der Waals surface area (Å²) in [6.45, 7) is 1.72. The van der Waals surface area contributed by atoms with Gasteiger partial charge >= 0.3 is 5.97 Å². The van der Waals surface area contributed by atoms with Crippen molar-refractivity contribution in [2.75, 3.05) is 19.0 Å². The summed E-state index contributed by atoms with van der Waals surface area (Å²) in [5.74, 6) is -0.250. The van der Waals surface area contributed by atoms with Gasteiger partial charge in [0.25, 0.3) is 5.91 Å². The Morgan fingerprint density at radius 2 is 2.24 bits per heavy atom. The van der Waals surface area contributed by atoms with Gasteiger partial charge in [-0.25, -0.2) is 0 Å². The maximum atomic E-state index is 11.9. The molecule has 2 unspecified atom stereocenters. The number of anilines is 1. The van der Waals surface area contributed by atoms with E-state index in [9.17, 15) is 9.59 Å². The summed E-state index contributed by atoms with van der Waals surface area (Å²) in [6, 6.07) is 5.47. The molecule has 0 saturated carbocycles. The van der Waals surface area contributed by atoms with Gasteiger partial charge in [0.1, 0.15) is 5.75 Å². The summed E-state index contributed by atoms with van der Waals surface area (Å²) in [5, 5.41) is 11.9. The van der Waals surface area contributed by atoms with Gasteiger partial charge in [0.05, 0.1) is 12.1 Å². The molecule has 2 N–H and O–H groups in total. The highest BCUT2D eigenvalue weighted by Gasteiger charge is 2.29. The van der Waals surface area contributed by atoms with E-state index in [1.165, 1.54) is 0 Å². The Morgan fingerprint density at radius 3 is 2.86 bits per heavy atom. The predicted molar refractivity (Wildman–Crippen MR) is 78.7 cm³/mol. The third-order valence-electron chi connectivity index (χ3n) is 3.68. The second kappa shape index (κ2) is 6.13. The summed E-state index contributed by atoms with van der Waals surface area (Å²) in [7, 11) is 3.46. The van der Waals surface area contributed by atoms with Gasteiger partial charge in [0.15, 0.2) is 6.10 Å². The normalized spacial score (nSPS) is 18.9. The lowest BCUT2D eigenvalue weighted by atomic mass is 10.0. The zero-order chi connectivity index (χ0) is 15.6. The van der Waals surface area contributed by atoms with Crippen LogP contribution in [-0.4, -0.2) is 43.2 Å². The molecule has 6 heteroatoms. The number of nitrogens with one attached hydrogen (secondary N) is 1. The second-order valence-corrected chi connectivity index (χ2v) is 5.25. The predicted octanol–water partition coefficient (Wildman–Crippen LogP) is 1.04. The van der Waals surface area contributed by atoms with Crippen LogP contribution >= 0.6 is 0 Å². The topological polar surface area (TPSA) is 78.9 Å². The maximum absolute atomic E-state index is 11.9. The molecule has 1 aromatic carbocycles. The van der Waals surface area contributed by atoms with Crippen molar-refractivity contribution in [2.24, 2.45) is 0 Å². The first-order chi connectivity index (χ1) is 9.92. The standard InChI is InChI=1S/C15H20N2O4/c1-9-15(20)17(3)12-7-10(4-5-13(12)21-9)6-11(16-2)8-14(18)19/h4-5,7,9,11,16H,6,8H2,1-3H3,(H,18,19). The molecule has 0 fully saturated rings. The zero-order valence-corrected chi connectivity index (χ0v) is 12.4. The van der Waals surface area contributed by atoms with Gasteiger partial charge < -0.3 is 20.1 Å². The van der Waals surface area contributed by atoms with E-state index in [0.717, 1.165) is 11.3 Å². The van der Waals surface area contributed by atoms with E-state index >= 15 is 0 Å². The van der Waals surface area contributed by atoms with Crippen LogP contribution < -0.4 is 15.0 Å². The molecule has 1 aliphatic heterocycles. The quantitative estimate of drug-likeness (QED) is 0.847. The zero-order valence-electron chi connectivity index (χ0n) is 12.4. The Labute approximate surface area is 123 Å². The molecular weight excluding hydrogens is 272 g/mol. The molecule has 1 aromatic rings. The second-order valence-electron chi connectivity index (χ2n) is 5.25. The Morgan fingerprint density at radius 1 is 1.52 bits per heavy atom. The summed E-state index contributed by atoms with van der Waals surface area (Å²) in [5.41, 5.74) is 1.69. The molecular formula is C15H20N2O4. The molecule has 21 heavy (non-hydrogen) atoms. The molecule has 2 rings (SSSR count). The van der Waals surface area contributed by atoms with Crippen LogP contribution in [0.1, 0.15) is 18.9 Å². The number of likely N-dealkylation sites (N-methyl/N-ethyl adjacent to an activating group) is 2. The van der Waals surface area contributed by atoms with E-state index in [1.54, 1.807) is 25.9 Å². The van der Waals surface area contributed by atoms with E-state index in [0.29, 0.717) is 12.2 Å². The highest BCUT2D eigenvalue weighted by Crippen LogP contribution is 2.34. The van der Waals surface area contributed by atoms with E-state index < -0.39 is 12.1 Å². The SMILES string of the molecule is CNC(CC(=O)O)Cc1ccc2c(c1)N(C)C(=O)C(C)O2. The molecule has 114 valence electrons. The first-order valence-corrected chi connectivity index (χ1v) is 6.88. The van der Waals surface area contributed by atoms with Crippen LogP contribution in [-0.2, 0) is 16.0 Å². The Bertz CT molecular complexity index is 559. The first-order valence-electron chi connectivity index (χ1n) is 6.88. The van der Waals surface area contributed by atoms with Crippen molar-refractivity contribution in [3.8, 4) is 5.75 Å². The number of hydrogen-bond donors (Lipinski definition) is 2. The number of hydrogen-bond acceptors (Lipinski definition) is 4. The van der Waals surface area contributed by atoms with Crippen molar-refractivity contribution < 1.29 is 19.4 Å². The highest BCUT2D eigenvalue weighted by molar-refractivity contribution is 5.99. The number of aliphatic carboxylic acids is 1. The van der Waals surface area contributed by atoms with Crippen LogP contribution in [0, 0.1) is 0 Å². The maximum Gasteiger partial charge on any atom is 0.304 e. The smallest absolute Gasteiger partial charge is 0.304 e. The Kier molecular flexibility index (Phi) is 4.47. The molecule has 0 radical (unpaired) electrons. The molecule has 1 aliphatic rings. The van der Waals surface area contributed by atoms with Crippen molar-refractivity contribution in [1.82, 2.24) is 5.32 Å². The van der Waals surface area contributed by atoms with Gasteiger partial charge in [-0.3, -0.25) is 9.59 Å². The summed E-state index contributed by atoms with van der Waals surface area (Å²) in [6.07, 6.45) is 0.147. The van der Waals surface area contributed by atoms with Gasteiger partial charge in [-0.2, -0.15) is 0 Å². The molecule has 0 spiro atoms. The van der Waals surface area contributed by atoms with Crippen molar-refractivity contribution in [3.63, 3.8) is 0 Å². The number of amides is 1. The average molecular weight is 292 g/mol. The van der Waals surface area contributed by atoms with Crippen molar-refractivity contribution in [3.05, 3.63) is 23.8 Å². The number of carboxylic acids is 1. The average Bonchev–Trinajstić information content (AvgIpc) is 2.44. The number of nitrogens with zero attached hydrogens (tertiary/aromatic N) is 1. The van der Waals surface area contributed by atoms with Gasteiger partial charge in [0, 0.05) is 13.1 Å². The van der Waals surface area contributed by atoms with E-state index in [2.05, 4.69) is 5.32 Å². The van der Waals surface area contributed by atoms with Gasteiger partial charge in [-0.15, -0.1) is 0 Å². The van der Waals surface area contributed by atoms with Crippen LogP contribution in [0.15, 0.2) is 18.2 Å². The molecule has 0 saturated heterocycles. The number of benzene rings is 1. The summed E-state index contributed by atoms with van der Waals surface area (Å²) < 4.78 is 5.56. The van der Waals surface area contributed by atoms with Gasteiger partial charge in [-0.05, 0) is 38.1 Å². The minimum atomic E-state index is -0.836. The lowest BCUT2D eigenvalue weighted by Crippen LogP contribution is -2.42. The van der Waals surface area contributed by atoms with Crippen LogP contribution in [0.25, 0.3) is 0 Å². The van der Waals surface area contributed by atoms with Gasteiger partial charge in [0.2, 0.25) is 0 Å². The summed E-state index contributed by atoms with van der Waals surface area (Å²) in [4.78, 5) is 24.3. The van der Waals surface area contributed by atoms with E-state index in [1.807, 2.05) is 18.2 Å². The molecule has 0 bridgehead atoms. The molecule has 0 aliphatic carbocycles. The minimum Gasteiger partial charge on any atom is -0.481 e. The van der Waals surface area contributed by atoms with E-state index in [4.69, 9.17) is 9.84 Å². The van der Waals surface area contributed by atoms with Crippen LogP contribution in [0.2, 0.25) is 0 Å². The Balaban J connectivity index is 2.21. The number of rotatable bonds is 5.